The lowest BCUT2D eigenvalue weighted by atomic mass is 10.1. The molecule has 0 saturated heterocycles. The number of anilines is 2. The Bertz CT molecular complexity index is 1210. The number of aromatic nitrogens is 2. The molecule has 0 amide bonds. The number of ether oxygens (including phenoxy) is 1. The van der Waals surface area contributed by atoms with Gasteiger partial charge in [-0.3, -0.25) is 4.79 Å². The molecule has 1 aliphatic carbocycles. The van der Waals surface area contributed by atoms with Crippen LogP contribution in [0.25, 0.3) is 6.08 Å². The van der Waals surface area contributed by atoms with E-state index in [0.717, 1.165) is 30.5 Å². The maximum absolute atomic E-state index is 14.9. The summed E-state index contributed by atoms with van der Waals surface area (Å²) in [5.41, 5.74) is 3.97. The molecule has 0 radical (unpaired) electrons. The first-order valence-electron chi connectivity index (χ1n) is 10.9. The molecule has 0 unspecified atom stereocenters. The third-order valence-corrected chi connectivity index (χ3v) is 5.39. The standard InChI is InChI=1S/C26H27FN4O2/c1-17-14-18-9-10-23(25(27)21(18)15-17)33-24-11-12-28-26(30-24)29-20-7-4-6-19(16-20)22(32)8-5-13-31(2)3/h4,6-7,9-12,15-16H,5,8,13-14H2,1-3H3,(H,28,29,30). The van der Waals surface area contributed by atoms with Crippen molar-refractivity contribution in [2.75, 3.05) is 26.0 Å². The van der Waals surface area contributed by atoms with E-state index in [2.05, 4.69) is 20.2 Å². The van der Waals surface area contributed by atoms with Crippen LogP contribution in [0, 0.1) is 5.82 Å². The van der Waals surface area contributed by atoms with E-state index >= 15 is 0 Å². The van der Waals surface area contributed by atoms with E-state index in [1.54, 1.807) is 24.3 Å². The predicted molar refractivity (Wildman–Crippen MR) is 128 cm³/mol. The molecule has 1 aliphatic rings. The van der Waals surface area contributed by atoms with E-state index in [1.165, 1.54) is 6.20 Å². The van der Waals surface area contributed by atoms with Gasteiger partial charge in [0.2, 0.25) is 11.8 Å². The quantitative estimate of drug-likeness (QED) is 0.429. The van der Waals surface area contributed by atoms with Gasteiger partial charge in [0.15, 0.2) is 17.3 Å². The molecule has 0 saturated carbocycles. The number of nitrogens with zero attached hydrogens (tertiary/aromatic N) is 3. The van der Waals surface area contributed by atoms with Crippen LogP contribution in [-0.4, -0.2) is 41.3 Å². The SMILES string of the molecule is CC1=Cc2c(ccc(Oc3ccnc(Nc4cccc(C(=O)CCCN(C)C)c4)n3)c2F)C1. The molecule has 2 aromatic carbocycles. The number of ketones is 1. The number of allylic oxidation sites excluding steroid dienone is 1. The first-order chi connectivity index (χ1) is 15.9. The third-order valence-electron chi connectivity index (χ3n) is 5.39. The average molecular weight is 447 g/mol. The van der Waals surface area contributed by atoms with Crippen LogP contribution in [0.3, 0.4) is 0 Å². The normalized spacial score (nSPS) is 12.5. The van der Waals surface area contributed by atoms with Crippen LogP contribution in [0.4, 0.5) is 16.0 Å². The molecule has 1 aromatic heterocycles. The first-order valence-corrected chi connectivity index (χ1v) is 10.9. The molecule has 0 spiro atoms. The lowest BCUT2D eigenvalue weighted by Crippen LogP contribution is -2.14. The van der Waals surface area contributed by atoms with Crippen molar-refractivity contribution in [1.29, 1.82) is 0 Å². The highest BCUT2D eigenvalue weighted by atomic mass is 19.1. The number of benzene rings is 2. The molecule has 0 atom stereocenters. The lowest BCUT2D eigenvalue weighted by molar-refractivity contribution is 0.0977. The van der Waals surface area contributed by atoms with Gasteiger partial charge in [0.1, 0.15) is 0 Å². The summed E-state index contributed by atoms with van der Waals surface area (Å²) in [5.74, 6) is 0.338. The van der Waals surface area contributed by atoms with Crippen molar-refractivity contribution in [3.05, 3.63) is 76.7 Å². The van der Waals surface area contributed by atoms with Crippen molar-refractivity contribution < 1.29 is 13.9 Å². The maximum atomic E-state index is 14.9. The van der Waals surface area contributed by atoms with E-state index in [9.17, 15) is 9.18 Å². The van der Waals surface area contributed by atoms with Crippen molar-refractivity contribution >= 4 is 23.5 Å². The molecule has 4 rings (SSSR count). The summed E-state index contributed by atoms with van der Waals surface area (Å²) in [4.78, 5) is 23.1. The van der Waals surface area contributed by atoms with Gasteiger partial charge in [0, 0.05) is 35.5 Å². The minimum absolute atomic E-state index is 0.0925. The minimum Gasteiger partial charge on any atom is -0.436 e. The zero-order valence-corrected chi connectivity index (χ0v) is 19.1. The Morgan fingerprint density at radius 1 is 1.21 bits per heavy atom. The number of hydrogen-bond donors (Lipinski definition) is 1. The molecule has 0 aliphatic heterocycles. The van der Waals surface area contributed by atoms with Crippen LogP contribution < -0.4 is 10.1 Å². The fourth-order valence-corrected chi connectivity index (χ4v) is 3.77. The molecule has 1 N–H and O–H groups in total. The van der Waals surface area contributed by atoms with Crippen LogP contribution in [0.15, 0.2) is 54.2 Å². The van der Waals surface area contributed by atoms with Crippen LogP contribution in [0.2, 0.25) is 0 Å². The monoisotopic (exact) mass is 446 g/mol. The van der Waals surface area contributed by atoms with E-state index in [1.807, 2.05) is 45.3 Å². The molecular formula is C26H27FN4O2. The Morgan fingerprint density at radius 2 is 2.06 bits per heavy atom. The zero-order chi connectivity index (χ0) is 23.4. The number of hydrogen-bond acceptors (Lipinski definition) is 6. The van der Waals surface area contributed by atoms with Crippen LogP contribution in [0.1, 0.15) is 41.3 Å². The summed E-state index contributed by atoms with van der Waals surface area (Å²) in [6, 6.07) is 12.3. The van der Waals surface area contributed by atoms with Gasteiger partial charge in [0.25, 0.3) is 0 Å². The summed E-state index contributed by atoms with van der Waals surface area (Å²) < 4.78 is 20.6. The number of nitrogens with one attached hydrogen (secondary N) is 1. The number of carbonyl (C=O) groups is 1. The molecule has 7 heteroatoms. The van der Waals surface area contributed by atoms with Crippen LogP contribution >= 0.6 is 0 Å². The predicted octanol–water partition coefficient (Wildman–Crippen LogP) is 5.64. The molecule has 1 heterocycles. The Labute approximate surface area is 193 Å². The zero-order valence-electron chi connectivity index (χ0n) is 19.1. The van der Waals surface area contributed by atoms with Crippen LogP contribution in [-0.2, 0) is 6.42 Å². The average Bonchev–Trinajstić information content (AvgIpc) is 3.17. The molecule has 0 fully saturated rings. The van der Waals surface area contributed by atoms with Gasteiger partial charge < -0.3 is 15.0 Å². The number of rotatable bonds is 9. The van der Waals surface area contributed by atoms with Gasteiger partial charge in [-0.1, -0.05) is 29.8 Å². The highest BCUT2D eigenvalue weighted by Crippen LogP contribution is 2.34. The smallest absolute Gasteiger partial charge is 0.230 e. The fraction of sp³-hybridized carbons (Fsp3) is 0.269. The van der Waals surface area contributed by atoms with Gasteiger partial charge in [-0.2, -0.15) is 4.98 Å². The summed E-state index contributed by atoms with van der Waals surface area (Å²) in [6.07, 6.45) is 5.43. The Morgan fingerprint density at radius 3 is 2.88 bits per heavy atom. The van der Waals surface area contributed by atoms with E-state index in [4.69, 9.17) is 4.74 Å². The molecule has 3 aromatic rings. The van der Waals surface area contributed by atoms with E-state index < -0.39 is 5.82 Å². The van der Waals surface area contributed by atoms with Gasteiger partial charge in [-0.15, -0.1) is 0 Å². The molecule has 0 bridgehead atoms. The minimum atomic E-state index is -0.391. The largest absolute Gasteiger partial charge is 0.436 e. The number of carbonyl (C=O) groups excluding carboxylic acids is 1. The van der Waals surface area contributed by atoms with Crippen molar-refractivity contribution in [2.45, 2.75) is 26.2 Å². The molecule has 6 nitrogen and oxygen atoms in total. The Hall–Kier alpha value is -3.58. The van der Waals surface area contributed by atoms with E-state index in [-0.39, 0.29) is 17.4 Å². The molecule has 170 valence electrons. The Kier molecular flexibility index (Phi) is 6.79. The van der Waals surface area contributed by atoms with Crippen molar-refractivity contribution in [3.8, 4) is 11.6 Å². The maximum Gasteiger partial charge on any atom is 0.230 e. The van der Waals surface area contributed by atoms with E-state index in [0.29, 0.717) is 29.2 Å². The van der Waals surface area contributed by atoms with Gasteiger partial charge >= 0.3 is 0 Å². The Balaban J connectivity index is 1.45. The van der Waals surface area contributed by atoms with Crippen molar-refractivity contribution in [2.24, 2.45) is 0 Å². The highest BCUT2D eigenvalue weighted by Gasteiger charge is 2.18. The van der Waals surface area contributed by atoms with Gasteiger partial charge in [-0.05, 0) is 64.2 Å². The summed E-state index contributed by atoms with van der Waals surface area (Å²) in [6.45, 7) is 2.85. The number of halogens is 1. The number of Topliss-reactive ketones (excluding diaryl/α,β-unsaturated/α-hetero) is 1. The second-order valence-corrected chi connectivity index (χ2v) is 8.47. The number of fused-ring (bicyclic) bond motifs is 1. The second kappa shape index (κ2) is 9.92. The molecular weight excluding hydrogens is 419 g/mol. The van der Waals surface area contributed by atoms with Crippen LogP contribution in [0.5, 0.6) is 11.6 Å². The lowest BCUT2D eigenvalue weighted by Gasteiger charge is -2.11. The summed E-state index contributed by atoms with van der Waals surface area (Å²) in [5, 5.41) is 3.10. The van der Waals surface area contributed by atoms with Crippen molar-refractivity contribution in [3.63, 3.8) is 0 Å². The second-order valence-electron chi connectivity index (χ2n) is 8.47. The first kappa shape index (κ1) is 22.6. The van der Waals surface area contributed by atoms with Gasteiger partial charge in [0.05, 0.1) is 0 Å². The fourth-order valence-electron chi connectivity index (χ4n) is 3.77. The van der Waals surface area contributed by atoms with Gasteiger partial charge in [-0.25, -0.2) is 9.37 Å². The topological polar surface area (TPSA) is 67.3 Å². The summed E-state index contributed by atoms with van der Waals surface area (Å²) >= 11 is 0. The molecule has 33 heavy (non-hydrogen) atoms. The highest BCUT2D eigenvalue weighted by molar-refractivity contribution is 5.97. The van der Waals surface area contributed by atoms with Crippen molar-refractivity contribution in [1.82, 2.24) is 14.9 Å². The third kappa shape index (κ3) is 5.62. The summed E-state index contributed by atoms with van der Waals surface area (Å²) in [7, 11) is 3.98.